The molecular formula is C14H11O3S-. The molecule has 0 aromatic heterocycles. The highest BCUT2D eigenvalue weighted by Crippen LogP contribution is 2.23. The highest BCUT2D eigenvalue weighted by atomic mass is 32.2. The van der Waals surface area contributed by atoms with Gasteiger partial charge in [-0.1, -0.05) is 60.7 Å². The molecule has 0 radical (unpaired) electrons. The van der Waals surface area contributed by atoms with Gasteiger partial charge in [-0.25, -0.2) is 0 Å². The van der Waals surface area contributed by atoms with Crippen LogP contribution in [0.25, 0.3) is 0 Å². The van der Waals surface area contributed by atoms with E-state index in [1.54, 1.807) is 60.7 Å². The SMILES string of the molecule is O=C(c1ccccc1)C(c1ccccc1)S(=O)[O-]. The Balaban J connectivity index is 2.39. The van der Waals surface area contributed by atoms with E-state index in [-0.39, 0.29) is 0 Å². The molecule has 0 bridgehead atoms. The molecule has 3 nitrogen and oxygen atoms in total. The molecule has 0 amide bonds. The van der Waals surface area contributed by atoms with E-state index in [2.05, 4.69) is 0 Å². The van der Waals surface area contributed by atoms with Crippen LogP contribution in [0, 0.1) is 0 Å². The largest absolute Gasteiger partial charge is 0.772 e. The maximum absolute atomic E-state index is 12.2. The lowest BCUT2D eigenvalue weighted by atomic mass is 10.0. The normalized spacial score (nSPS) is 13.8. The number of hydrogen-bond donors (Lipinski definition) is 0. The van der Waals surface area contributed by atoms with Gasteiger partial charge in [-0.2, -0.15) is 0 Å². The van der Waals surface area contributed by atoms with Gasteiger partial charge in [-0.3, -0.25) is 9.00 Å². The summed E-state index contributed by atoms with van der Waals surface area (Å²) in [5, 5.41) is -1.14. The number of rotatable bonds is 4. The summed E-state index contributed by atoms with van der Waals surface area (Å²) >= 11 is -2.48. The fourth-order valence-electron chi connectivity index (χ4n) is 1.73. The van der Waals surface area contributed by atoms with Crippen LogP contribution in [-0.2, 0) is 11.1 Å². The molecule has 2 aromatic carbocycles. The van der Waals surface area contributed by atoms with Crippen LogP contribution < -0.4 is 0 Å². The van der Waals surface area contributed by atoms with Crippen molar-refractivity contribution >= 4 is 16.9 Å². The quantitative estimate of drug-likeness (QED) is 0.626. The first-order valence-corrected chi connectivity index (χ1v) is 6.56. The summed E-state index contributed by atoms with van der Waals surface area (Å²) in [7, 11) is 0. The molecule has 2 rings (SSSR count). The first kappa shape index (κ1) is 12.7. The van der Waals surface area contributed by atoms with Gasteiger partial charge in [0.15, 0.2) is 5.78 Å². The Morgan fingerprint density at radius 2 is 1.44 bits per heavy atom. The van der Waals surface area contributed by atoms with Crippen molar-refractivity contribution in [2.75, 3.05) is 0 Å². The summed E-state index contributed by atoms with van der Waals surface area (Å²) in [6, 6.07) is 16.9. The van der Waals surface area contributed by atoms with Crippen LogP contribution in [0.5, 0.6) is 0 Å². The second-order valence-corrected chi connectivity index (χ2v) is 4.77. The summed E-state index contributed by atoms with van der Waals surface area (Å²) in [6.45, 7) is 0. The number of carbonyl (C=O) groups is 1. The van der Waals surface area contributed by atoms with Crippen LogP contribution >= 0.6 is 0 Å². The third kappa shape index (κ3) is 2.72. The number of hydrogen-bond acceptors (Lipinski definition) is 3. The molecule has 0 heterocycles. The smallest absolute Gasteiger partial charge is 0.181 e. The molecule has 0 fully saturated rings. The molecule has 4 heteroatoms. The average Bonchev–Trinajstić information content (AvgIpc) is 2.40. The third-order valence-electron chi connectivity index (χ3n) is 2.59. The second kappa shape index (κ2) is 5.71. The van der Waals surface area contributed by atoms with Crippen molar-refractivity contribution in [2.45, 2.75) is 5.25 Å². The van der Waals surface area contributed by atoms with E-state index in [1.165, 1.54) is 0 Å². The Hall–Kier alpha value is -1.78. The van der Waals surface area contributed by atoms with Gasteiger partial charge in [0, 0.05) is 5.56 Å². The van der Waals surface area contributed by atoms with Crippen LogP contribution in [0.4, 0.5) is 0 Å². The summed E-state index contributed by atoms with van der Waals surface area (Å²) in [5.74, 6) is -0.407. The minimum absolute atomic E-state index is 0.399. The lowest BCUT2D eigenvalue weighted by molar-refractivity contribution is 0.0986. The molecule has 0 saturated carbocycles. The fourth-order valence-corrected chi connectivity index (χ4v) is 2.42. The van der Waals surface area contributed by atoms with Gasteiger partial charge in [0.25, 0.3) is 0 Å². The Kier molecular flexibility index (Phi) is 4.02. The number of carbonyl (C=O) groups excluding carboxylic acids is 1. The minimum atomic E-state index is -2.48. The van der Waals surface area contributed by atoms with E-state index in [0.717, 1.165) is 0 Å². The molecule has 0 aliphatic rings. The highest BCUT2D eigenvalue weighted by Gasteiger charge is 2.22. The summed E-state index contributed by atoms with van der Waals surface area (Å²) in [5.41, 5.74) is 0.884. The first-order valence-electron chi connectivity index (χ1n) is 5.42. The maximum atomic E-state index is 12.2. The van der Waals surface area contributed by atoms with Gasteiger partial charge < -0.3 is 4.55 Å². The van der Waals surface area contributed by atoms with Crippen LogP contribution in [0.15, 0.2) is 60.7 Å². The molecule has 18 heavy (non-hydrogen) atoms. The van der Waals surface area contributed by atoms with Gasteiger partial charge in [-0.05, 0) is 16.6 Å². The zero-order valence-corrected chi connectivity index (χ0v) is 10.3. The molecule has 0 N–H and O–H groups in total. The third-order valence-corrected chi connectivity index (χ3v) is 3.46. The maximum Gasteiger partial charge on any atom is 0.181 e. The van der Waals surface area contributed by atoms with E-state index in [1.807, 2.05) is 0 Å². The monoisotopic (exact) mass is 259 g/mol. The lowest BCUT2D eigenvalue weighted by Crippen LogP contribution is -2.17. The molecule has 0 spiro atoms. The lowest BCUT2D eigenvalue weighted by Gasteiger charge is -2.18. The first-order chi connectivity index (χ1) is 8.70. The molecule has 2 unspecified atom stereocenters. The van der Waals surface area contributed by atoms with Gasteiger partial charge >= 0.3 is 0 Å². The number of benzene rings is 2. The highest BCUT2D eigenvalue weighted by molar-refractivity contribution is 7.80. The Labute approximate surface area is 108 Å². The van der Waals surface area contributed by atoms with Crippen molar-refractivity contribution in [1.82, 2.24) is 0 Å². The topological polar surface area (TPSA) is 57.2 Å². The van der Waals surface area contributed by atoms with Crippen molar-refractivity contribution in [1.29, 1.82) is 0 Å². The van der Waals surface area contributed by atoms with Crippen molar-refractivity contribution in [2.24, 2.45) is 0 Å². The number of ketones is 1. The van der Waals surface area contributed by atoms with Crippen molar-refractivity contribution in [3.63, 3.8) is 0 Å². The minimum Gasteiger partial charge on any atom is -0.772 e. The fraction of sp³-hybridized carbons (Fsp3) is 0.0714. The van der Waals surface area contributed by atoms with Gasteiger partial charge in [0.1, 0.15) is 5.25 Å². The Morgan fingerprint density at radius 1 is 0.944 bits per heavy atom. The Morgan fingerprint density at radius 3 is 1.94 bits per heavy atom. The van der Waals surface area contributed by atoms with Crippen LogP contribution in [0.3, 0.4) is 0 Å². The molecule has 0 aliphatic heterocycles. The molecule has 92 valence electrons. The summed E-state index contributed by atoms with van der Waals surface area (Å²) < 4.78 is 22.6. The second-order valence-electron chi connectivity index (χ2n) is 3.78. The van der Waals surface area contributed by atoms with Gasteiger partial charge in [0.2, 0.25) is 0 Å². The van der Waals surface area contributed by atoms with E-state index in [9.17, 15) is 13.6 Å². The molecule has 2 aromatic rings. The molecular weight excluding hydrogens is 248 g/mol. The van der Waals surface area contributed by atoms with Crippen molar-refractivity contribution in [3.05, 3.63) is 71.8 Å². The van der Waals surface area contributed by atoms with E-state index >= 15 is 0 Å². The van der Waals surface area contributed by atoms with Gasteiger partial charge in [0.05, 0.1) is 0 Å². The van der Waals surface area contributed by atoms with E-state index in [4.69, 9.17) is 0 Å². The average molecular weight is 259 g/mol. The molecule has 2 atom stereocenters. The zero-order valence-electron chi connectivity index (χ0n) is 9.48. The van der Waals surface area contributed by atoms with Crippen molar-refractivity contribution < 1.29 is 13.6 Å². The van der Waals surface area contributed by atoms with E-state index in [0.29, 0.717) is 11.1 Å². The van der Waals surface area contributed by atoms with Crippen LogP contribution in [-0.4, -0.2) is 14.5 Å². The summed E-state index contributed by atoms with van der Waals surface area (Å²) in [6.07, 6.45) is 0. The molecule has 0 saturated heterocycles. The van der Waals surface area contributed by atoms with Crippen molar-refractivity contribution in [3.8, 4) is 0 Å². The standard InChI is InChI=1S/C14H12O3S/c15-13(11-7-3-1-4-8-11)14(18(16)17)12-9-5-2-6-10-12/h1-10,14H,(H,16,17)/p-1. The summed E-state index contributed by atoms with van der Waals surface area (Å²) in [4.78, 5) is 12.2. The Bertz CT molecular complexity index is 552. The van der Waals surface area contributed by atoms with Crippen LogP contribution in [0.1, 0.15) is 21.2 Å². The van der Waals surface area contributed by atoms with Gasteiger partial charge in [-0.15, -0.1) is 0 Å². The number of Topliss-reactive ketones (excluding diaryl/α,β-unsaturated/α-hetero) is 1. The molecule has 0 aliphatic carbocycles. The predicted molar refractivity (Wildman–Crippen MR) is 68.9 cm³/mol. The predicted octanol–water partition coefficient (Wildman–Crippen LogP) is 2.49. The van der Waals surface area contributed by atoms with Crippen LogP contribution in [0.2, 0.25) is 0 Å². The zero-order chi connectivity index (χ0) is 13.0. The van der Waals surface area contributed by atoms with E-state index < -0.39 is 22.1 Å².